The third-order valence-electron chi connectivity index (χ3n) is 2.60. The van der Waals surface area contributed by atoms with E-state index in [0.29, 0.717) is 5.69 Å². The molecule has 6 heteroatoms. The summed E-state index contributed by atoms with van der Waals surface area (Å²) in [6.45, 7) is 2.14. The summed E-state index contributed by atoms with van der Waals surface area (Å²) in [6.07, 6.45) is 2.44. The zero-order valence-electron chi connectivity index (χ0n) is 8.89. The minimum absolute atomic E-state index is 0.491. The molecule has 1 fully saturated rings. The zero-order valence-corrected chi connectivity index (χ0v) is 9.70. The highest BCUT2D eigenvalue weighted by molar-refractivity contribution is 7.90. The first kappa shape index (κ1) is 11.2. The Morgan fingerprint density at radius 2 is 1.69 bits per heavy atom. The van der Waals surface area contributed by atoms with E-state index in [1.807, 2.05) is 12.1 Å². The fourth-order valence-electron chi connectivity index (χ4n) is 1.88. The van der Waals surface area contributed by atoms with Crippen molar-refractivity contribution in [1.82, 2.24) is 0 Å². The first-order chi connectivity index (χ1) is 7.54. The van der Waals surface area contributed by atoms with Crippen molar-refractivity contribution in [3.05, 3.63) is 24.3 Å². The molecule has 1 aliphatic heterocycles. The van der Waals surface area contributed by atoms with Gasteiger partial charge in [-0.3, -0.25) is 4.72 Å². The monoisotopic (exact) mass is 241 g/mol. The zero-order chi connectivity index (χ0) is 11.6. The van der Waals surface area contributed by atoms with E-state index in [2.05, 4.69) is 9.62 Å². The molecule has 0 aliphatic carbocycles. The smallest absolute Gasteiger partial charge is 0.296 e. The van der Waals surface area contributed by atoms with Crippen molar-refractivity contribution in [2.45, 2.75) is 12.8 Å². The number of anilines is 2. The van der Waals surface area contributed by atoms with Gasteiger partial charge in [0.05, 0.1) is 0 Å². The molecular weight excluding hydrogens is 226 g/mol. The molecule has 1 heterocycles. The Hall–Kier alpha value is -1.27. The van der Waals surface area contributed by atoms with Crippen molar-refractivity contribution in [3.8, 4) is 0 Å². The number of hydrogen-bond acceptors (Lipinski definition) is 3. The summed E-state index contributed by atoms with van der Waals surface area (Å²) >= 11 is 0. The van der Waals surface area contributed by atoms with Crippen LogP contribution in [-0.4, -0.2) is 21.5 Å². The standard InChI is InChI=1S/C10H15N3O2S/c11-16(14,15)12-9-3-5-10(6-4-9)13-7-1-2-8-13/h3-6,12H,1-2,7-8H2,(H2,11,14,15). The van der Waals surface area contributed by atoms with E-state index in [-0.39, 0.29) is 0 Å². The van der Waals surface area contributed by atoms with Gasteiger partial charge in [-0.2, -0.15) is 8.42 Å². The van der Waals surface area contributed by atoms with Crippen LogP contribution >= 0.6 is 0 Å². The van der Waals surface area contributed by atoms with Crippen LogP contribution in [0.4, 0.5) is 11.4 Å². The number of nitrogens with zero attached hydrogens (tertiary/aromatic N) is 1. The molecule has 0 spiro atoms. The number of nitrogens with two attached hydrogens (primary N) is 1. The summed E-state index contributed by atoms with van der Waals surface area (Å²) in [5, 5.41) is 4.88. The summed E-state index contributed by atoms with van der Waals surface area (Å²) in [5.74, 6) is 0. The van der Waals surface area contributed by atoms with Crippen molar-refractivity contribution in [2.75, 3.05) is 22.7 Å². The van der Waals surface area contributed by atoms with E-state index in [0.717, 1.165) is 18.8 Å². The van der Waals surface area contributed by atoms with Gasteiger partial charge in [-0.1, -0.05) is 0 Å². The van der Waals surface area contributed by atoms with Crippen LogP contribution in [0.2, 0.25) is 0 Å². The molecule has 0 unspecified atom stereocenters. The third-order valence-corrected chi connectivity index (χ3v) is 3.12. The fourth-order valence-corrected chi connectivity index (χ4v) is 2.34. The molecule has 3 N–H and O–H groups in total. The fraction of sp³-hybridized carbons (Fsp3) is 0.400. The van der Waals surface area contributed by atoms with Crippen molar-refractivity contribution in [2.24, 2.45) is 5.14 Å². The minimum atomic E-state index is -3.67. The maximum absolute atomic E-state index is 10.8. The minimum Gasteiger partial charge on any atom is -0.372 e. The Bertz CT molecular complexity index is 449. The maximum Gasteiger partial charge on any atom is 0.296 e. The molecule has 1 aromatic carbocycles. The second-order valence-corrected chi connectivity index (χ2v) is 5.18. The first-order valence-electron chi connectivity index (χ1n) is 5.20. The van der Waals surface area contributed by atoms with Gasteiger partial charge in [-0.15, -0.1) is 0 Å². The van der Waals surface area contributed by atoms with Crippen LogP contribution in [0.15, 0.2) is 24.3 Å². The Labute approximate surface area is 95.4 Å². The number of rotatable bonds is 3. The predicted molar refractivity (Wildman–Crippen MR) is 64.6 cm³/mol. The van der Waals surface area contributed by atoms with Crippen molar-refractivity contribution in [1.29, 1.82) is 0 Å². The van der Waals surface area contributed by atoms with Gasteiger partial charge in [0.25, 0.3) is 10.2 Å². The molecule has 5 nitrogen and oxygen atoms in total. The van der Waals surface area contributed by atoms with E-state index in [1.165, 1.54) is 12.8 Å². The van der Waals surface area contributed by atoms with Crippen LogP contribution in [0.1, 0.15) is 12.8 Å². The average Bonchev–Trinajstić information content (AvgIpc) is 2.69. The van der Waals surface area contributed by atoms with Crippen molar-refractivity contribution in [3.63, 3.8) is 0 Å². The van der Waals surface area contributed by atoms with Gasteiger partial charge >= 0.3 is 0 Å². The van der Waals surface area contributed by atoms with E-state index in [4.69, 9.17) is 5.14 Å². The maximum atomic E-state index is 10.8. The molecule has 0 atom stereocenters. The van der Waals surface area contributed by atoms with Crippen LogP contribution < -0.4 is 14.8 Å². The summed E-state index contributed by atoms with van der Waals surface area (Å²) in [5.41, 5.74) is 1.61. The third kappa shape index (κ3) is 2.86. The summed E-state index contributed by atoms with van der Waals surface area (Å²) < 4.78 is 23.8. The van der Waals surface area contributed by atoms with Crippen LogP contribution in [0.5, 0.6) is 0 Å². The highest BCUT2D eigenvalue weighted by Crippen LogP contribution is 2.22. The molecule has 0 aromatic heterocycles. The van der Waals surface area contributed by atoms with Gasteiger partial charge in [-0.05, 0) is 37.1 Å². The molecule has 88 valence electrons. The lowest BCUT2D eigenvalue weighted by molar-refractivity contribution is 0.603. The van der Waals surface area contributed by atoms with Gasteiger partial charge in [0.1, 0.15) is 0 Å². The van der Waals surface area contributed by atoms with Gasteiger partial charge < -0.3 is 4.90 Å². The van der Waals surface area contributed by atoms with Crippen LogP contribution in [-0.2, 0) is 10.2 Å². The molecule has 2 rings (SSSR count). The lowest BCUT2D eigenvalue weighted by atomic mass is 10.2. The number of nitrogens with one attached hydrogen (secondary N) is 1. The van der Waals surface area contributed by atoms with Crippen LogP contribution in [0.25, 0.3) is 0 Å². The summed E-state index contributed by atoms with van der Waals surface area (Å²) in [4.78, 5) is 2.28. The molecule has 0 bridgehead atoms. The molecule has 0 amide bonds. The van der Waals surface area contributed by atoms with E-state index < -0.39 is 10.2 Å². The Balaban J connectivity index is 2.10. The Kier molecular flexibility index (Phi) is 3.02. The molecule has 1 saturated heterocycles. The number of hydrogen-bond donors (Lipinski definition) is 2. The van der Waals surface area contributed by atoms with Crippen molar-refractivity contribution >= 4 is 21.6 Å². The Morgan fingerprint density at radius 3 is 2.19 bits per heavy atom. The lowest BCUT2D eigenvalue weighted by Crippen LogP contribution is -2.22. The largest absolute Gasteiger partial charge is 0.372 e. The molecule has 1 aromatic rings. The van der Waals surface area contributed by atoms with Crippen molar-refractivity contribution < 1.29 is 8.42 Å². The van der Waals surface area contributed by atoms with Gasteiger partial charge in [-0.25, -0.2) is 5.14 Å². The van der Waals surface area contributed by atoms with Gasteiger partial charge in [0, 0.05) is 24.5 Å². The summed E-state index contributed by atoms with van der Waals surface area (Å²) in [6, 6.07) is 7.24. The highest BCUT2D eigenvalue weighted by Gasteiger charge is 2.12. The average molecular weight is 241 g/mol. The molecule has 16 heavy (non-hydrogen) atoms. The SMILES string of the molecule is NS(=O)(=O)Nc1ccc(N2CCCC2)cc1. The highest BCUT2D eigenvalue weighted by atomic mass is 32.2. The van der Waals surface area contributed by atoms with Crippen LogP contribution in [0.3, 0.4) is 0 Å². The second kappa shape index (κ2) is 4.31. The van der Waals surface area contributed by atoms with E-state index in [1.54, 1.807) is 12.1 Å². The quantitative estimate of drug-likeness (QED) is 0.825. The molecule has 0 saturated carbocycles. The molecule has 1 aliphatic rings. The second-order valence-electron chi connectivity index (χ2n) is 3.89. The Morgan fingerprint density at radius 1 is 1.12 bits per heavy atom. The number of benzene rings is 1. The van der Waals surface area contributed by atoms with Gasteiger partial charge in [0.2, 0.25) is 0 Å². The molecular formula is C10H15N3O2S. The predicted octanol–water partition coefficient (Wildman–Crippen LogP) is 0.902. The van der Waals surface area contributed by atoms with Crippen LogP contribution in [0, 0.1) is 0 Å². The normalized spacial score (nSPS) is 16.4. The first-order valence-corrected chi connectivity index (χ1v) is 6.75. The topological polar surface area (TPSA) is 75.4 Å². The van der Waals surface area contributed by atoms with E-state index >= 15 is 0 Å². The summed E-state index contributed by atoms with van der Waals surface area (Å²) in [7, 11) is -3.67. The lowest BCUT2D eigenvalue weighted by Gasteiger charge is -2.17. The van der Waals surface area contributed by atoms with Gasteiger partial charge in [0.15, 0.2) is 0 Å². The van der Waals surface area contributed by atoms with E-state index in [9.17, 15) is 8.42 Å². The molecule has 0 radical (unpaired) electrons.